The Hall–Kier alpha value is -4.96. The van der Waals surface area contributed by atoms with E-state index in [1.165, 1.54) is 11.9 Å². The number of aromatic nitrogens is 2. The van der Waals surface area contributed by atoms with Crippen LogP contribution in [0.3, 0.4) is 0 Å². The van der Waals surface area contributed by atoms with Crippen LogP contribution >= 0.6 is 0 Å². The summed E-state index contributed by atoms with van der Waals surface area (Å²) in [5, 5.41) is 21.3. The predicted octanol–water partition coefficient (Wildman–Crippen LogP) is 5.09. The summed E-state index contributed by atoms with van der Waals surface area (Å²) in [4.78, 5) is 12.9. The van der Waals surface area contributed by atoms with Gasteiger partial charge in [0.05, 0.1) is 34.6 Å². The molecule has 1 aliphatic heterocycles. The van der Waals surface area contributed by atoms with E-state index in [1.54, 1.807) is 4.68 Å². The summed E-state index contributed by atoms with van der Waals surface area (Å²) >= 11 is 0. The molecule has 1 atom stereocenters. The summed E-state index contributed by atoms with van der Waals surface area (Å²) in [6.45, 7) is 3.48. The molecule has 176 valence electrons. The molecule has 0 saturated heterocycles. The predicted molar refractivity (Wildman–Crippen MR) is 140 cm³/mol. The normalized spacial score (nSPS) is 15.4. The van der Waals surface area contributed by atoms with Crippen molar-refractivity contribution >= 4 is 17.2 Å². The number of hydrogen-bond acceptors (Lipinski definition) is 6. The molecule has 3 aromatic carbocycles. The third-order valence-electron chi connectivity index (χ3n) is 6.16. The fourth-order valence-electron chi connectivity index (χ4n) is 4.33. The van der Waals surface area contributed by atoms with Gasteiger partial charge in [-0.15, -0.1) is 0 Å². The highest BCUT2D eigenvalue weighted by Gasteiger charge is 2.37. The van der Waals surface area contributed by atoms with Crippen LogP contribution in [0.15, 0.2) is 108 Å². The SMILES string of the molecule is CC(=O)C1=NN(c2ccccc2)C(N)=C(C#N)C1c1cn(-c2ccccc2)nc1-c1ccc(C)cc1. The Kier molecular flexibility index (Phi) is 5.93. The molecular formula is C29H24N6O. The van der Waals surface area contributed by atoms with Crippen molar-refractivity contribution in [1.82, 2.24) is 9.78 Å². The Morgan fingerprint density at radius 1 is 0.944 bits per heavy atom. The molecule has 0 spiro atoms. The highest BCUT2D eigenvalue weighted by atomic mass is 16.1. The molecule has 2 N–H and O–H groups in total. The van der Waals surface area contributed by atoms with Gasteiger partial charge in [-0.25, -0.2) is 9.69 Å². The Bertz CT molecular complexity index is 1530. The molecule has 1 aliphatic rings. The number of hydrogen-bond donors (Lipinski definition) is 1. The Labute approximate surface area is 209 Å². The largest absolute Gasteiger partial charge is 0.383 e. The molecule has 0 radical (unpaired) electrons. The summed E-state index contributed by atoms with van der Waals surface area (Å²) in [7, 11) is 0. The Morgan fingerprint density at radius 3 is 2.14 bits per heavy atom. The van der Waals surface area contributed by atoms with Crippen LogP contribution in [0.25, 0.3) is 16.9 Å². The van der Waals surface area contributed by atoms with E-state index in [4.69, 9.17) is 10.8 Å². The van der Waals surface area contributed by atoms with Crippen LogP contribution in [0.1, 0.15) is 24.0 Å². The van der Waals surface area contributed by atoms with Crippen molar-refractivity contribution in [1.29, 1.82) is 5.26 Å². The van der Waals surface area contributed by atoms with Gasteiger partial charge in [-0.1, -0.05) is 66.2 Å². The first-order valence-electron chi connectivity index (χ1n) is 11.5. The maximum absolute atomic E-state index is 12.9. The third-order valence-corrected chi connectivity index (χ3v) is 6.16. The number of nitrogens with zero attached hydrogens (tertiary/aromatic N) is 5. The molecular weight excluding hydrogens is 448 g/mol. The molecule has 7 heteroatoms. The summed E-state index contributed by atoms with van der Waals surface area (Å²) in [5.74, 6) is -0.828. The molecule has 5 rings (SSSR count). The van der Waals surface area contributed by atoms with E-state index in [0.717, 1.165) is 16.8 Å². The molecule has 1 aromatic heterocycles. The molecule has 0 bridgehead atoms. The number of anilines is 1. The van der Waals surface area contributed by atoms with E-state index >= 15 is 0 Å². The van der Waals surface area contributed by atoms with Gasteiger partial charge in [0, 0.05) is 24.2 Å². The zero-order chi connectivity index (χ0) is 25.2. The summed E-state index contributed by atoms with van der Waals surface area (Å²) < 4.78 is 1.76. The van der Waals surface area contributed by atoms with Crippen LogP contribution in [0.5, 0.6) is 0 Å². The van der Waals surface area contributed by atoms with Gasteiger partial charge in [0.25, 0.3) is 0 Å². The number of ketones is 1. The van der Waals surface area contributed by atoms with Crippen molar-refractivity contribution < 1.29 is 4.79 Å². The quantitative estimate of drug-likeness (QED) is 0.436. The first-order valence-corrected chi connectivity index (χ1v) is 11.5. The Morgan fingerprint density at radius 2 is 1.56 bits per heavy atom. The van der Waals surface area contributed by atoms with Crippen molar-refractivity contribution in [3.8, 4) is 23.0 Å². The zero-order valence-corrected chi connectivity index (χ0v) is 20.0. The summed E-state index contributed by atoms with van der Waals surface area (Å²) in [6, 6.07) is 29.2. The molecule has 2 heterocycles. The van der Waals surface area contributed by atoms with Gasteiger partial charge < -0.3 is 5.73 Å². The fraction of sp³-hybridized carbons (Fsp3) is 0.103. The maximum atomic E-state index is 12.9. The number of allylic oxidation sites excluding steroid dienone is 1. The number of para-hydroxylation sites is 2. The number of rotatable bonds is 5. The molecule has 1 unspecified atom stereocenters. The lowest BCUT2D eigenvalue weighted by molar-refractivity contribution is -0.111. The lowest BCUT2D eigenvalue weighted by Crippen LogP contribution is -2.36. The second kappa shape index (κ2) is 9.35. The van der Waals surface area contributed by atoms with Gasteiger partial charge in [-0.2, -0.15) is 15.5 Å². The van der Waals surface area contributed by atoms with E-state index in [2.05, 4.69) is 11.2 Å². The standard InChI is InChI=1S/C29H24N6O/c1-19-13-15-21(16-14-19)28-25(18-34(32-28)22-9-5-3-6-10-22)26-24(17-30)29(31)35(33-27(26)20(2)36)23-11-7-4-8-12-23/h3-16,18,26H,31H2,1-2H3. The molecule has 36 heavy (non-hydrogen) atoms. The van der Waals surface area contributed by atoms with Crippen molar-refractivity contribution in [3.63, 3.8) is 0 Å². The smallest absolute Gasteiger partial charge is 0.176 e. The second-order valence-corrected chi connectivity index (χ2v) is 8.61. The van der Waals surface area contributed by atoms with Gasteiger partial charge in [0.1, 0.15) is 11.5 Å². The van der Waals surface area contributed by atoms with Crippen molar-refractivity contribution in [2.45, 2.75) is 19.8 Å². The van der Waals surface area contributed by atoms with E-state index in [9.17, 15) is 10.1 Å². The van der Waals surface area contributed by atoms with Gasteiger partial charge in [-0.05, 0) is 31.2 Å². The maximum Gasteiger partial charge on any atom is 0.176 e. The molecule has 0 aliphatic carbocycles. The number of carbonyl (C=O) groups is 1. The third kappa shape index (κ3) is 4.05. The average molecular weight is 473 g/mol. The zero-order valence-electron chi connectivity index (χ0n) is 20.0. The van der Waals surface area contributed by atoms with Gasteiger partial charge in [0.15, 0.2) is 5.78 Å². The molecule has 0 amide bonds. The number of nitriles is 1. The number of benzene rings is 3. The highest BCUT2D eigenvalue weighted by molar-refractivity contribution is 6.42. The first-order chi connectivity index (χ1) is 17.5. The first kappa shape index (κ1) is 22.8. The van der Waals surface area contributed by atoms with Crippen molar-refractivity contribution in [2.24, 2.45) is 10.8 Å². The summed E-state index contributed by atoms with van der Waals surface area (Å²) in [6.07, 6.45) is 1.86. The second-order valence-electron chi connectivity index (χ2n) is 8.61. The number of nitrogens with two attached hydrogens (primary N) is 1. The van der Waals surface area contributed by atoms with Gasteiger partial charge >= 0.3 is 0 Å². The lowest BCUT2D eigenvalue weighted by atomic mass is 9.83. The van der Waals surface area contributed by atoms with Crippen LogP contribution in [-0.4, -0.2) is 21.3 Å². The number of Topliss-reactive ketones (excluding diaryl/α,β-unsaturated/α-hetero) is 1. The van der Waals surface area contributed by atoms with E-state index < -0.39 is 5.92 Å². The molecule has 0 saturated carbocycles. The van der Waals surface area contributed by atoms with Gasteiger partial charge in [-0.3, -0.25) is 4.79 Å². The van der Waals surface area contributed by atoms with E-state index in [-0.39, 0.29) is 22.9 Å². The van der Waals surface area contributed by atoms with E-state index in [1.807, 2.05) is 98.0 Å². The van der Waals surface area contributed by atoms with Crippen molar-refractivity contribution in [2.75, 3.05) is 5.01 Å². The van der Waals surface area contributed by atoms with Crippen LogP contribution < -0.4 is 10.7 Å². The monoisotopic (exact) mass is 472 g/mol. The minimum Gasteiger partial charge on any atom is -0.383 e. The number of carbonyl (C=O) groups excluding carboxylic acids is 1. The van der Waals surface area contributed by atoms with Crippen LogP contribution in [-0.2, 0) is 4.79 Å². The average Bonchev–Trinajstić information content (AvgIpc) is 3.34. The minimum absolute atomic E-state index is 0.181. The van der Waals surface area contributed by atoms with E-state index in [0.29, 0.717) is 16.9 Å². The molecule has 7 nitrogen and oxygen atoms in total. The van der Waals surface area contributed by atoms with Gasteiger partial charge in [0.2, 0.25) is 0 Å². The van der Waals surface area contributed by atoms with Crippen LogP contribution in [0, 0.1) is 18.3 Å². The number of hydrazone groups is 1. The fourth-order valence-corrected chi connectivity index (χ4v) is 4.33. The summed E-state index contributed by atoms with van der Waals surface area (Å²) in [5.41, 5.74) is 11.9. The van der Waals surface area contributed by atoms with Crippen LogP contribution in [0.4, 0.5) is 5.69 Å². The highest BCUT2D eigenvalue weighted by Crippen LogP contribution is 2.39. The molecule has 4 aromatic rings. The van der Waals surface area contributed by atoms with Crippen molar-refractivity contribution in [3.05, 3.63) is 114 Å². The Balaban J connectivity index is 1.74. The number of aryl methyl sites for hydroxylation is 1. The minimum atomic E-state index is -0.763. The lowest BCUT2D eigenvalue weighted by Gasteiger charge is -2.30. The van der Waals surface area contributed by atoms with Crippen LogP contribution in [0.2, 0.25) is 0 Å². The molecule has 0 fully saturated rings. The topological polar surface area (TPSA) is 100 Å².